The predicted molar refractivity (Wildman–Crippen MR) is 35.4 cm³/mol. The second-order valence-corrected chi connectivity index (χ2v) is 2.25. The smallest absolute Gasteiger partial charge is 0.324 e. The zero-order chi connectivity index (χ0) is 7.72. The summed E-state index contributed by atoms with van der Waals surface area (Å²) >= 11 is 0. The Kier molecular flexibility index (Phi) is 1.61. The molecule has 0 aromatic heterocycles. The van der Waals surface area contributed by atoms with Crippen molar-refractivity contribution in [2.75, 3.05) is 6.54 Å². The lowest BCUT2D eigenvalue weighted by molar-refractivity contribution is -0.126. The first kappa shape index (κ1) is 7.05. The molecule has 1 N–H and O–H groups in total. The highest BCUT2D eigenvalue weighted by Gasteiger charge is 2.33. The molecule has 0 bridgehead atoms. The molecule has 1 aliphatic rings. The van der Waals surface area contributed by atoms with Crippen molar-refractivity contribution >= 4 is 11.9 Å². The average molecular weight is 142 g/mol. The standard InChI is InChI=1S/C6H10N2O2/c1-3-8-5(9)4(2)7-6(8)10/h4H,3H2,1-2H3,(H,7,10)/t4-/m0/s1. The van der Waals surface area contributed by atoms with Gasteiger partial charge >= 0.3 is 6.03 Å². The SMILES string of the molecule is CCN1C(=O)N[C@@H](C)C1=O. The largest absolute Gasteiger partial charge is 0.326 e. The maximum Gasteiger partial charge on any atom is 0.324 e. The number of urea groups is 1. The summed E-state index contributed by atoms with van der Waals surface area (Å²) < 4.78 is 0. The first-order chi connectivity index (χ1) is 4.66. The Morgan fingerprint density at radius 1 is 1.60 bits per heavy atom. The third kappa shape index (κ3) is 0.853. The van der Waals surface area contributed by atoms with Gasteiger partial charge in [-0.3, -0.25) is 9.69 Å². The summed E-state index contributed by atoms with van der Waals surface area (Å²) in [5.74, 6) is -0.132. The number of imide groups is 1. The fraction of sp³-hybridized carbons (Fsp3) is 0.667. The highest BCUT2D eigenvalue weighted by Crippen LogP contribution is 2.03. The van der Waals surface area contributed by atoms with Gasteiger partial charge in [0.05, 0.1) is 0 Å². The summed E-state index contributed by atoms with van der Waals surface area (Å²) in [5, 5.41) is 2.50. The number of amides is 3. The Morgan fingerprint density at radius 3 is 2.40 bits per heavy atom. The van der Waals surface area contributed by atoms with Gasteiger partial charge in [0.15, 0.2) is 0 Å². The molecule has 0 spiro atoms. The molecule has 10 heavy (non-hydrogen) atoms. The summed E-state index contributed by atoms with van der Waals surface area (Å²) in [5.41, 5.74) is 0. The van der Waals surface area contributed by atoms with Crippen LogP contribution in [0.2, 0.25) is 0 Å². The van der Waals surface area contributed by atoms with Crippen LogP contribution in [0.4, 0.5) is 4.79 Å². The van der Waals surface area contributed by atoms with Gasteiger partial charge in [-0.15, -0.1) is 0 Å². The quantitative estimate of drug-likeness (QED) is 0.522. The Balaban J connectivity index is 2.74. The number of carbonyl (C=O) groups excluding carboxylic acids is 2. The third-order valence-corrected chi connectivity index (χ3v) is 1.54. The van der Waals surface area contributed by atoms with Crippen molar-refractivity contribution in [3.8, 4) is 0 Å². The van der Waals surface area contributed by atoms with Crippen molar-refractivity contribution in [1.82, 2.24) is 10.2 Å². The number of nitrogens with one attached hydrogen (secondary N) is 1. The van der Waals surface area contributed by atoms with E-state index in [1.807, 2.05) is 0 Å². The molecular weight excluding hydrogens is 132 g/mol. The first-order valence-electron chi connectivity index (χ1n) is 3.28. The van der Waals surface area contributed by atoms with Crippen LogP contribution in [0, 0.1) is 0 Å². The predicted octanol–water partition coefficient (Wildman–Crippen LogP) is -0.0534. The van der Waals surface area contributed by atoms with E-state index < -0.39 is 0 Å². The molecule has 1 atom stereocenters. The van der Waals surface area contributed by atoms with Gasteiger partial charge in [0.1, 0.15) is 6.04 Å². The molecule has 56 valence electrons. The monoisotopic (exact) mass is 142 g/mol. The van der Waals surface area contributed by atoms with E-state index in [-0.39, 0.29) is 18.0 Å². The molecule has 0 radical (unpaired) electrons. The van der Waals surface area contributed by atoms with E-state index in [4.69, 9.17) is 0 Å². The van der Waals surface area contributed by atoms with Gasteiger partial charge in [-0.25, -0.2) is 4.79 Å². The van der Waals surface area contributed by atoms with E-state index in [1.165, 1.54) is 4.90 Å². The van der Waals surface area contributed by atoms with E-state index in [1.54, 1.807) is 13.8 Å². The van der Waals surface area contributed by atoms with Crippen LogP contribution in [0.5, 0.6) is 0 Å². The summed E-state index contributed by atoms with van der Waals surface area (Å²) in [6, 6.07) is -0.618. The van der Waals surface area contributed by atoms with Gasteiger partial charge in [-0.05, 0) is 13.8 Å². The maximum absolute atomic E-state index is 11.0. The van der Waals surface area contributed by atoms with Crippen LogP contribution >= 0.6 is 0 Å². The zero-order valence-corrected chi connectivity index (χ0v) is 6.05. The molecule has 0 aromatic carbocycles. The molecule has 3 amide bonds. The van der Waals surface area contributed by atoms with E-state index >= 15 is 0 Å². The molecule has 1 aliphatic heterocycles. The highest BCUT2D eigenvalue weighted by molar-refractivity contribution is 6.03. The highest BCUT2D eigenvalue weighted by atomic mass is 16.2. The Hall–Kier alpha value is -1.06. The fourth-order valence-electron chi connectivity index (χ4n) is 0.958. The molecule has 1 rings (SSSR count). The number of hydrogen-bond acceptors (Lipinski definition) is 2. The summed E-state index contributed by atoms with van der Waals surface area (Å²) in [7, 11) is 0. The summed E-state index contributed by atoms with van der Waals surface area (Å²) in [6.45, 7) is 3.90. The van der Waals surface area contributed by atoms with Crippen LogP contribution in [0.15, 0.2) is 0 Å². The zero-order valence-electron chi connectivity index (χ0n) is 6.05. The van der Waals surface area contributed by atoms with Crippen molar-refractivity contribution in [3.05, 3.63) is 0 Å². The molecule has 0 aliphatic carbocycles. The minimum Gasteiger partial charge on any atom is -0.326 e. The van der Waals surface area contributed by atoms with Gasteiger partial charge in [0.2, 0.25) is 0 Å². The van der Waals surface area contributed by atoms with Crippen molar-refractivity contribution in [2.45, 2.75) is 19.9 Å². The van der Waals surface area contributed by atoms with Gasteiger partial charge in [0.25, 0.3) is 5.91 Å². The van der Waals surface area contributed by atoms with Crippen molar-refractivity contribution in [3.63, 3.8) is 0 Å². The summed E-state index contributed by atoms with van der Waals surface area (Å²) in [4.78, 5) is 23.0. The molecule has 1 fully saturated rings. The molecule has 1 saturated heterocycles. The van der Waals surface area contributed by atoms with E-state index in [0.29, 0.717) is 6.54 Å². The molecule has 4 nitrogen and oxygen atoms in total. The third-order valence-electron chi connectivity index (χ3n) is 1.54. The van der Waals surface area contributed by atoms with Crippen LogP contribution in [0.25, 0.3) is 0 Å². The van der Waals surface area contributed by atoms with E-state index in [9.17, 15) is 9.59 Å². The number of likely N-dealkylation sites (N-methyl/N-ethyl adjacent to an activating group) is 1. The number of hydrogen-bond donors (Lipinski definition) is 1. The minimum atomic E-state index is -0.340. The van der Waals surface area contributed by atoms with Gasteiger partial charge in [0, 0.05) is 6.54 Å². The Labute approximate surface area is 59.2 Å². The lowest BCUT2D eigenvalue weighted by atomic mass is 10.3. The van der Waals surface area contributed by atoms with Gasteiger partial charge < -0.3 is 5.32 Å². The molecule has 1 heterocycles. The topological polar surface area (TPSA) is 49.4 Å². The van der Waals surface area contributed by atoms with Crippen LogP contribution in [-0.4, -0.2) is 29.4 Å². The maximum atomic E-state index is 11.0. The first-order valence-corrected chi connectivity index (χ1v) is 3.28. The lowest BCUT2D eigenvalue weighted by Crippen LogP contribution is -2.30. The van der Waals surface area contributed by atoms with Crippen LogP contribution in [0.3, 0.4) is 0 Å². The minimum absolute atomic E-state index is 0.132. The molecule has 0 unspecified atom stereocenters. The van der Waals surface area contributed by atoms with Gasteiger partial charge in [-0.1, -0.05) is 0 Å². The second kappa shape index (κ2) is 2.28. The Bertz CT molecular complexity index is 179. The van der Waals surface area contributed by atoms with Gasteiger partial charge in [-0.2, -0.15) is 0 Å². The lowest BCUT2D eigenvalue weighted by Gasteiger charge is -2.06. The number of nitrogens with zero attached hydrogens (tertiary/aromatic N) is 1. The number of rotatable bonds is 1. The molecule has 4 heteroatoms. The molecule has 0 aromatic rings. The van der Waals surface area contributed by atoms with Crippen molar-refractivity contribution in [1.29, 1.82) is 0 Å². The van der Waals surface area contributed by atoms with Crippen molar-refractivity contribution in [2.24, 2.45) is 0 Å². The normalized spacial score (nSPS) is 25.4. The van der Waals surface area contributed by atoms with Crippen molar-refractivity contribution < 1.29 is 9.59 Å². The molecule has 0 saturated carbocycles. The molecular formula is C6H10N2O2. The Morgan fingerprint density at radius 2 is 2.20 bits per heavy atom. The van der Waals surface area contributed by atoms with Crippen LogP contribution in [0.1, 0.15) is 13.8 Å². The van der Waals surface area contributed by atoms with E-state index in [2.05, 4.69) is 5.32 Å². The van der Waals surface area contributed by atoms with Crippen LogP contribution in [-0.2, 0) is 4.79 Å². The average Bonchev–Trinajstić information content (AvgIpc) is 2.09. The number of carbonyl (C=O) groups is 2. The second-order valence-electron chi connectivity index (χ2n) is 2.25. The summed E-state index contributed by atoms with van der Waals surface area (Å²) in [6.07, 6.45) is 0. The van der Waals surface area contributed by atoms with Crippen LogP contribution < -0.4 is 5.32 Å². The van der Waals surface area contributed by atoms with E-state index in [0.717, 1.165) is 0 Å². The fourth-order valence-corrected chi connectivity index (χ4v) is 0.958.